The predicted octanol–water partition coefficient (Wildman–Crippen LogP) is 6.29. The molecule has 4 rings (SSSR count). The van der Waals surface area contributed by atoms with Gasteiger partial charge in [-0.15, -0.1) is 24.8 Å². The molecule has 0 spiro atoms. The smallest absolute Gasteiger partial charge is 0.154 e. The monoisotopic (exact) mass is 464 g/mol. The molecule has 1 aromatic heterocycles. The average Bonchev–Trinajstić information content (AvgIpc) is 2.70. The Kier molecular flexibility index (Phi) is 8.92. The number of rotatable bonds is 4. The zero-order chi connectivity index (χ0) is 19.5. The maximum absolute atomic E-state index is 6.06. The van der Waals surface area contributed by atoms with Crippen LogP contribution in [0.25, 0.3) is 23.1 Å². The molecule has 30 heavy (non-hydrogen) atoms. The van der Waals surface area contributed by atoms with E-state index in [1.54, 1.807) is 0 Å². The van der Waals surface area contributed by atoms with Crippen molar-refractivity contribution >= 4 is 65.3 Å². The van der Waals surface area contributed by atoms with Gasteiger partial charge >= 0.3 is 0 Å². The van der Waals surface area contributed by atoms with E-state index in [4.69, 9.17) is 27.3 Å². The molecule has 0 amide bonds. The van der Waals surface area contributed by atoms with Gasteiger partial charge in [0, 0.05) is 22.5 Å². The second-order valence-electron chi connectivity index (χ2n) is 7.59. The van der Waals surface area contributed by atoms with E-state index < -0.39 is 0 Å². The van der Waals surface area contributed by atoms with Gasteiger partial charge in [0.15, 0.2) is 5.82 Å². The number of nitrogens with one attached hydrogen (secondary N) is 1. The van der Waals surface area contributed by atoms with Crippen molar-refractivity contribution < 1.29 is 0 Å². The van der Waals surface area contributed by atoms with Crippen molar-refractivity contribution in [3.8, 4) is 0 Å². The zero-order valence-electron chi connectivity index (χ0n) is 16.8. The molecule has 1 aliphatic carbocycles. The molecule has 160 valence electrons. The van der Waals surface area contributed by atoms with Crippen molar-refractivity contribution in [3.63, 3.8) is 0 Å². The zero-order valence-corrected chi connectivity index (χ0v) is 19.2. The molecule has 2 aromatic carbocycles. The maximum Gasteiger partial charge on any atom is 0.154 e. The fourth-order valence-electron chi connectivity index (χ4n) is 3.65. The molecule has 0 radical (unpaired) electrons. The van der Waals surface area contributed by atoms with E-state index >= 15 is 0 Å². The first-order valence-corrected chi connectivity index (χ1v) is 10.2. The number of aromatic nitrogens is 2. The molecule has 3 aromatic rings. The highest BCUT2D eigenvalue weighted by atomic mass is 35.5. The van der Waals surface area contributed by atoms with Crippen LogP contribution < -0.4 is 11.1 Å². The van der Waals surface area contributed by atoms with E-state index in [0.29, 0.717) is 17.9 Å². The first kappa shape index (κ1) is 24.4. The normalized spacial score (nSPS) is 18.6. The van der Waals surface area contributed by atoms with Crippen molar-refractivity contribution in [2.24, 2.45) is 5.73 Å². The maximum atomic E-state index is 6.06. The molecule has 3 N–H and O–H groups in total. The average molecular weight is 466 g/mol. The van der Waals surface area contributed by atoms with Gasteiger partial charge in [-0.05, 0) is 68.5 Å². The van der Waals surface area contributed by atoms with Crippen molar-refractivity contribution in [1.82, 2.24) is 9.97 Å². The Morgan fingerprint density at radius 1 is 0.967 bits per heavy atom. The van der Waals surface area contributed by atoms with E-state index in [1.165, 1.54) is 5.56 Å². The van der Waals surface area contributed by atoms with Crippen LogP contribution in [0.15, 0.2) is 42.5 Å². The summed E-state index contributed by atoms with van der Waals surface area (Å²) in [5, 5.41) is 5.46. The fraction of sp³-hybridized carbons (Fsp3) is 0.304. The third-order valence-corrected chi connectivity index (χ3v) is 5.53. The van der Waals surface area contributed by atoms with E-state index in [-0.39, 0.29) is 24.8 Å². The highest BCUT2D eigenvalue weighted by molar-refractivity contribution is 6.30. The Morgan fingerprint density at radius 3 is 2.37 bits per heavy atom. The molecule has 1 aliphatic rings. The standard InChI is InChI=1S/C23H25ClN4.2ClH/c1-15-2-12-21-20(14-15)23(26-19-10-8-18(25)9-11-19)28-22(27-21)13-5-16-3-6-17(24)7-4-16;;/h2-7,12-14,18-19H,8-11,25H2,1H3,(H,26,27,28);2*1H/b13-5-;;. The number of anilines is 1. The first-order chi connectivity index (χ1) is 13.6. The van der Waals surface area contributed by atoms with E-state index in [0.717, 1.165) is 53.0 Å². The molecule has 0 atom stereocenters. The largest absolute Gasteiger partial charge is 0.367 e. The summed E-state index contributed by atoms with van der Waals surface area (Å²) in [5.74, 6) is 1.60. The molecule has 0 saturated heterocycles. The summed E-state index contributed by atoms with van der Waals surface area (Å²) in [6, 6.07) is 14.8. The fourth-order valence-corrected chi connectivity index (χ4v) is 3.77. The van der Waals surface area contributed by atoms with Gasteiger partial charge in [-0.1, -0.05) is 41.4 Å². The molecule has 1 saturated carbocycles. The third kappa shape index (κ3) is 6.08. The summed E-state index contributed by atoms with van der Waals surface area (Å²) >= 11 is 5.96. The van der Waals surface area contributed by atoms with Crippen LogP contribution in [0.5, 0.6) is 0 Å². The Morgan fingerprint density at radius 2 is 1.67 bits per heavy atom. The number of halogens is 3. The van der Waals surface area contributed by atoms with Gasteiger partial charge in [0.1, 0.15) is 5.82 Å². The summed E-state index contributed by atoms with van der Waals surface area (Å²) in [6.45, 7) is 2.09. The van der Waals surface area contributed by atoms with Gasteiger partial charge in [0.2, 0.25) is 0 Å². The van der Waals surface area contributed by atoms with Gasteiger partial charge in [-0.25, -0.2) is 9.97 Å². The lowest BCUT2D eigenvalue weighted by atomic mass is 9.92. The molecule has 7 heteroatoms. The Labute approximate surface area is 195 Å². The number of aryl methyl sites for hydroxylation is 1. The van der Waals surface area contributed by atoms with Gasteiger partial charge in [0.25, 0.3) is 0 Å². The molecule has 0 unspecified atom stereocenters. The third-order valence-electron chi connectivity index (χ3n) is 5.28. The summed E-state index contributed by atoms with van der Waals surface area (Å²) < 4.78 is 0. The van der Waals surface area contributed by atoms with E-state index in [1.807, 2.05) is 36.4 Å². The predicted molar refractivity (Wildman–Crippen MR) is 133 cm³/mol. The van der Waals surface area contributed by atoms with Gasteiger partial charge in [0.05, 0.1) is 5.52 Å². The van der Waals surface area contributed by atoms with E-state index in [2.05, 4.69) is 30.4 Å². The van der Waals surface area contributed by atoms with Crippen LogP contribution in [0.2, 0.25) is 5.02 Å². The number of benzene rings is 2. The van der Waals surface area contributed by atoms with Gasteiger partial charge in [-0.3, -0.25) is 0 Å². The lowest BCUT2D eigenvalue weighted by Gasteiger charge is -2.27. The quantitative estimate of drug-likeness (QED) is 0.475. The number of nitrogens with two attached hydrogens (primary N) is 1. The topological polar surface area (TPSA) is 63.8 Å². The Bertz CT molecular complexity index is 997. The minimum absolute atomic E-state index is 0. The minimum atomic E-state index is 0. The van der Waals surface area contributed by atoms with Crippen LogP contribution in [0.3, 0.4) is 0 Å². The molecule has 4 nitrogen and oxygen atoms in total. The number of hydrogen-bond acceptors (Lipinski definition) is 4. The molecule has 0 aliphatic heterocycles. The molecular formula is C23H27Cl3N4. The lowest BCUT2D eigenvalue weighted by molar-refractivity contribution is 0.410. The summed E-state index contributed by atoms with van der Waals surface area (Å²) in [6.07, 6.45) is 8.23. The lowest BCUT2D eigenvalue weighted by Crippen LogP contribution is -2.33. The van der Waals surface area contributed by atoms with Crippen LogP contribution in [0.4, 0.5) is 5.82 Å². The minimum Gasteiger partial charge on any atom is -0.367 e. The van der Waals surface area contributed by atoms with Crippen LogP contribution in [0, 0.1) is 6.92 Å². The highest BCUT2D eigenvalue weighted by Gasteiger charge is 2.19. The van der Waals surface area contributed by atoms with E-state index in [9.17, 15) is 0 Å². The molecule has 0 bridgehead atoms. The van der Waals surface area contributed by atoms with Crippen molar-refractivity contribution in [3.05, 3.63) is 64.4 Å². The second-order valence-corrected chi connectivity index (χ2v) is 8.03. The van der Waals surface area contributed by atoms with Gasteiger partial charge in [-0.2, -0.15) is 0 Å². The van der Waals surface area contributed by atoms with Crippen LogP contribution >= 0.6 is 36.4 Å². The Hall–Kier alpha value is -1.85. The van der Waals surface area contributed by atoms with Gasteiger partial charge < -0.3 is 11.1 Å². The van der Waals surface area contributed by atoms with Crippen molar-refractivity contribution in [2.45, 2.75) is 44.7 Å². The van der Waals surface area contributed by atoms with Crippen molar-refractivity contribution in [1.29, 1.82) is 0 Å². The summed E-state index contributed by atoms with van der Waals surface area (Å²) in [4.78, 5) is 9.55. The summed E-state index contributed by atoms with van der Waals surface area (Å²) in [7, 11) is 0. The SMILES string of the molecule is Cc1ccc2nc(/C=C\c3ccc(Cl)cc3)nc(NC3CCC(N)CC3)c2c1.Cl.Cl. The molecule has 1 fully saturated rings. The summed E-state index contributed by atoms with van der Waals surface area (Å²) in [5.41, 5.74) is 9.27. The highest BCUT2D eigenvalue weighted by Crippen LogP contribution is 2.26. The Balaban J connectivity index is 0.00000160. The second kappa shape index (κ2) is 11.0. The molecule has 1 heterocycles. The number of hydrogen-bond donors (Lipinski definition) is 2. The first-order valence-electron chi connectivity index (χ1n) is 9.81. The van der Waals surface area contributed by atoms with Crippen LogP contribution in [-0.4, -0.2) is 22.1 Å². The molecular weight excluding hydrogens is 439 g/mol. The van der Waals surface area contributed by atoms with Crippen LogP contribution in [0.1, 0.15) is 42.6 Å². The van der Waals surface area contributed by atoms with Crippen molar-refractivity contribution in [2.75, 3.05) is 5.32 Å². The number of nitrogens with zero attached hydrogens (tertiary/aromatic N) is 2. The number of fused-ring (bicyclic) bond motifs is 1. The van der Waals surface area contributed by atoms with Crippen LogP contribution in [-0.2, 0) is 0 Å².